The van der Waals surface area contributed by atoms with Crippen molar-refractivity contribution < 1.29 is 31.8 Å². The predicted octanol–water partition coefficient (Wildman–Crippen LogP) is 2.01. The van der Waals surface area contributed by atoms with Crippen LogP contribution in [0.15, 0.2) is 41.3 Å². The summed E-state index contributed by atoms with van der Waals surface area (Å²) in [4.78, 5) is 0.128. The molecule has 0 radical (unpaired) electrons. The van der Waals surface area contributed by atoms with Gasteiger partial charge in [-0.25, -0.2) is 12.8 Å². The van der Waals surface area contributed by atoms with Gasteiger partial charge in [-0.3, -0.25) is 0 Å². The second-order valence-electron chi connectivity index (χ2n) is 5.85. The molecule has 26 heavy (non-hydrogen) atoms. The molecular formula is C17H16FNO6S. The molecule has 138 valence electrons. The van der Waals surface area contributed by atoms with Crippen molar-refractivity contribution in [2.24, 2.45) is 0 Å². The van der Waals surface area contributed by atoms with E-state index < -0.39 is 15.8 Å². The Kier molecular flexibility index (Phi) is 4.12. The Balaban J connectivity index is 1.45. The maximum absolute atomic E-state index is 13.7. The number of methoxy groups -OCH3 is 1. The molecule has 1 fully saturated rings. The van der Waals surface area contributed by atoms with Crippen molar-refractivity contribution >= 4 is 10.0 Å². The van der Waals surface area contributed by atoms with Gasteiger partial charge in [-0.2, -0.15) is 4.31 Å². The van der Waals surface area contributed by atoms with Crippen molar-refractivity contribution in [2.45, 2.75) is 11.0 Å². The summed E-state index contributed by atoms with van der Waals surface area (Å²) in [5.41, 5.74) is 0. The van der Waals surface area contributed by atoms with Crippen LogP contribution in [0.25, 0.3) is 0 Å². The van der Waals surface area contributed by atoms with Crippen molar-refractivity contribution in [3.8, 4) is 23.0 Å². The molecule has 0 bridgehead atoms. The highest BCUT2D eigenvalue weighted by molar-refractivity contribution is 7.89. The number of fused-ring (bicyclic) bond motifs is 1. The lowest BCUT2D eigenvalue weighted by atomic mass is 10.2. The molecule has 1 saturated heterocycles. The van der Waals surface area contributed by atoms with E-state index in [1.165, 1.54) is 35.7 Å². The molecule has 0 N–H and O–H groups in total. The third-order valence-corrected chi connectivity index (χ3v) is 6.05. The van der Waals surface area contributed by atoms with Gasteiger partial charge in [-0.1, -0.05) is 6.07 Å². The van der Waals surface area contributed by atoms with Gasteiger partial charge >= 0.3 is 0 Å². The molecule has 0 amide bonds. The molecule has 0 spiro atoms. The Morgan fingerprint density at radius 3 is 2.69 bits per heavy atom. The largest absolute Gasteiger partial charge is 0.490 e. The molecule has 2 aliphatic rings. The van der Waals surface area contributed by atoms with Crippen LogP contribution in [0.3, 0.4) is 0 Å². The van der Waals surface area contributed by atoms with Gasteiger partial charge in [0, 0.05) is 6.07 Å². The second-order valence-corrected chi connectivity index (χ2v) is 7.79. The molecule has 0 aliphatic carbocycles. The maximum atomic E-state index is 13.7. The summed E-state index contributed by atoms with van der Waals surface area (Å²) in [6.45, 7) is 0.404. The van der Waals surface area contributed by atoms with E-state index in [-0.39, 0.29) is 42.4 Å². The number of ether oxygens (including phenoxy) is 4. The Morgan fingerprint density at radius 2 is 1.92 bits per heavy atom. The van der Waals surface area contributed by atoms with Crippen LogP contribution >= 0.6 is 0 Å². The number of sulfonamides is 1. The zero-order valence-corrected chi connectivity index (χ0v) is 14.7. The fourth-order valence-corrected chi connectivity index (χ4v) is 4.34. The van der Waals surface area contributed by atoms with Crippen LogP contribution in [0.5, 0.6) is 23.0 Å². The highest BCUT2D eigenvalue weighted by Gasteiger charge is 2.39. The van der Waals surface area contributed by atoms with Gasteiger partial charge in [0.1, 0.15) is 6.10 Å². The summed E-state index contributed by atoms with van der Waals surface area (Å²) in [6.07, 6.45) is -0.380. The minimum absolute atomic E-state index is 0.00424. The number of nitrogens with zero attached hydrogens (tertiary/aromatic N) is 1. The Hall–Kier alpha value is -2.52. The molecule has 4 rings (SSSR count). The maximum Gasteiger partial charge on any atom is 0.243 e. The normalized spacial score (nSPS) is 17.0. The van der Waals surface area contributed by atoms with Crippen LogP contribution in [-0.4, -0.2) is 45.8 Å². The van der Waals surface area contributed by atoms with Crippen molar-refractivity contribution in [1.82, 2.24) is 4.31 Å². The quantitative estimate of drug-likeness (QED) is 0.789. The third kappa shape index (κ3) is 2.82. The van der Waals surface area contributed by atoms with E-state index >= 15 is 0 Å². The zero-order valence-electron chi connectivity index (χ0n) is 13.8. The van der Waals surface area contributed by atoms with Crippen LogP contribution in [0.1, 0.15) is 0 Å². The molecule has 0 aromatic heterocycles. The molecule has 2 aromatic rings. The molecule has 9 heteroatoms. The number of hydrogen-bond acceptors (Lipinski definition) is 6. The van der Waals surface area contributed by atoms with Crippen LogP contribution in [0.4, 0.5) is 4.39 Å². The van der Waals surface area contributed by atoms with Gasteiger partial charge < -0.3 is 18.9 Å². The van der Waals surface area contributed by atoms with E-state index in [9.17, 15) is 12.8 Å². The monoisotopic (exact) mass is 381 g/mol. The smallest absolute Gasteiger partial charge is 0.243 e. The summed E-state index contributed by atoms with van der Waals surface area (Å²) in [7, 11) is -2.31. The minimum Gasteiger partial charge on any atom is -0.490 e. The number of rotatable bonds is 5. The first kappa shape index (κ1) is 16.9. The third-order valence-electron chi connectivity index (χ3n) is 4.22. The molecule has 2 aliphatic heterocycles. The van der Waals surface area contributed by atoms with E-state index in [1.807, 2.05) is 0 Å². The van der Waals surface area contributed by atoms with Crippen molar-refractivity contribution in [2.75, 3.05) is 27.0 Å². The minimum atomic E-state index is -3.66. The van der Waals surface area contributed by atoms with Gasteiger partial charge in [0.2, 0.25) is 16.8 Å². The molecule has 0 saturated carbocycles. The highest BCUT2D eigenvalue weighted by Crippen LogP contribution is 2.36. The van der Waals surface area contributed by atoms with E-state index in [0.29, 0.717) is 11.5 Å². The molecule has 0 unspecified atom stereocenters. The number of para-hydroxylation sites is 1. The molecule has 0 atom stereocenters. The van der Waals surface area contributed by atoms with E-state index in [1.54, 1.807) is 12.1 Å². The average molecular weight is 381 g/mol. The summed E-state index contributed by atoms with van der Waals surface area (Å²) in [5.74, 6) is 0.646. The first-order chi connectivity index (χ1) is 12.5. The fourth-order valence-electron chi connectivity index (χ4n) is 2.82. The standard InChI is InChI=1S/C17H16FNO6S/c1-22-17-13(18)3-2-4-15(17)25-11-8-19(9-11)26(20,21)12-5-6-14-16(7-12)24-10-23-14/h2-7,11H,8-10H2,1H3. The molecular weight excluding hydrogens is 365 g/mol. The Bertz CT molecular complexity index is 942. The molecule has 2 heterocycles. The summed E-state index contributed by atoms with van der Waals surface area (Å²) in [6, 6.07) is 8.85. The SMILES string of the molecule is COc1c(F)cccc1OC1CN(S(=O)(=O)c2ccc3c(c2)OCO3)C1. The van der Waals surface area contributed by atoms with Crippen LogP contribution in [0, 0.1) is 5.82 Å². The average Bonchev–Trinajstić information content (AvgIpc) is 3.05. The van der Waals surface area contributed by atoms with E-state index in [4.69, 9.17) is 18.9 Å². The van der Waals surface area contributed by atoms with E-state index in [0.717, 1.165) is 0 Å². The van der Waals surface area contributed by atoms with E-state index in [2.05, 4.69) is 0 Å². The number of benzene rings is 2. The van der Waals surface area contributed by atoms with Gasteiger partial charge in [-0.05, 0) is 24.3 Å². The summed E-state index contributed by atoms with van der Waals surface area (Å²) >= 11 is 0. The van der Waals surface area contributed by atoms with Crippen molar-refractivity contribution in [1.29, 1.82) is 0 Å². The molecule has 2 aromatic carbocycles. The fraction of sp³-hybridized carbons (Fsp3) is 0.294. The van der Waals surface area contributed by atoms with Crippen molar-refractivity contribution in [3.63, 3.8) is 0 Å². The Labute approximate surface area is 149 Å². The van der Waals surface area contributed by atoms with Gasteiger partial charge in [-0.15, -0.1) is 0 Å². The lowest BCUT2D eigenvalue weighted by molar-refractivity contribution is 0.0730. The van der Waals surface area contributed by atoms with Gasteiger partial charge in [0.25, 0.3) is 0 Å². The van der Waals surface area contributed by atoms with Crippen molar-refractivity contribution in [3.05, 3.63) is 42.2 Å². The lowest BCUT2D eigenvalue weighted by Crippen LogP contribution is -2.55. The van der Waals surface area contributed by atoms with Gasteiger partial charge in [0.15, 0.2) is 28.8 Å². The highest BCUT2D eigenvalue weighted by atomic mass is 32.2. The second kappa shape index (κ2) is 6.33. The molecule has 7 nitrogen and oxygen atoms in total. The lowest BCUT2D eigenvalue weighted by Gasteiger charge is -2.38. The van der Waals surface area contributed by atoms with Crippen LogP contribution in [-0.2, 0) is 10.0 Å². The van der Waals surface area contributed by atoms with Crippen LogP contribution < -0.4 is 18.9 Å². The summed E-state index contributed by atoms with van der Waals surface area (Å²) < 4.78 is 61.4. The summed E-state index contributed by atoms with van der Waals surface area (Å²) in [5, 5.41) is 0. The van der Waals surface area contributed by atoms with Gasteiger partial charge in [0.05, 0.1) is 25.1 Å². The number of hydrogen-bond donors (Lipinski definition) is 0. The Morgan fingerprint density at radius 1 is 1.15 bits per heavy atom. The zero-order chi connectivity index (χ0) is 18.3. The number of halogens is 1. The first-order valence-electron chi connectivity index (χ1n) is 7.88. The predicted molar refractivity (Wildman–Crippen MR) is 88.7 cm³/mol. The van der Waals surface area contributed by atoms with Crippen LogP contribution in [0.2, 0.25) is 0 Å². The first-order valence-corrected chi connectivity index (χ1v) is 9.32. The topological polar surface area (TPSA) is 74.3 Å².